The van der Waals surface area contributed by atoms with E-state index in [-0.39, 0.29) is 0 Å². The number of hydrogen-bond acceptors (Lipinski definition) is 4. The molecule has 1 fully saturated rings. The van der Waals surface area contributed by atoms with Crippen LogP contribution in [-0.4, -0.2) is 53.6 Å². The largest absolute Gasteiger partial charge is 0.369 e. The Morgan fingerprint density at radius 3 is 2.73 bits per heavy atom. The van der Waals surface area contributed by atoms with Gasteiger partial charge in [0.05, 0.1) is 0 Å². The highest BCUT2D eigenvalue weighted by molar-refractivity contribution is 5.92. The average Bonchev–Trinajstić information content (AvgIpc) is 3.19. The van der Waals surface area contributed by atoms with Crippen molar-refractivity contribution in [3.8, 4) is 0 Å². The summed E-state index contributed by atoms with van der Waals surface area (Å²) in [6.07, 6.45) is 5.01. The highest BCUT2D eigenvalue weighted by Gasteiger charge is 2.23. The van der Waals surface area contributed by atoms with Crippen molar-refractivity contribution in [3.63, 3.8) is 0 Å². The van der Waals surface area contributed by atoms with Crippen molar-refractivity contribution in [3.05, 3.63) is 54.9 Å². The number of hydrogen-bond donors (Lipinski definition) is 2. The SMILES string of the molecule is CCC(CNc1ccccn1)N1CCN(c2cccc3[nH]ccc23)CC1. The van der Waals surface area contributed by atoms with E-state index < -0.39 is 0 Å². The maximum atomic E-state index is 4.36. The monoisotopic (exact) mass is 349 g/mol. The van der Waals surface area contributed by atoms with Crippen LogP contribution in [-0.2, 0) is 0 Å². The van der Waals surface area contributed by atoms with Gasteiger partial charge in [0.15, 0.2) is 0 Å². The number of nitrogens with one attached hydrogen (secondary N) is 2. The van der Waals surface area contributed by atoms with Crippen LogP contribution in [0.3, 0.4) is 0 Å². The van der Waals surface area contributed by atoms with E-state index in [1.165, 1.54) is 16.6 Å². The van der Waals surface area contributed by atoms with E-state index in [0.717, 1.165) is 45.0 Å². The first-order chi connectivity index (χ1) is 12.8. The van der Waals surface area contributed by atoms with Gasteiger partial charge in [-0.15, -0.1) is 0 Å². The Hall–Kier alpha value is -2.53. The summed E-state index contributed by atoms with van der Waals surface area (Å²) < 4.78 is 0. The number of anilines is 2. The smallest absolute Gasteiger partial charge is 0.125 e. The van der Waals surface area contributed by atoms with Crippen LogP contribution in [0.25, 0.3) is 10.9 Å². The number of nitrogens with zero attached hydrogens (tertiary/aromatic N) is 3. The van der Waals surface area contributed by atoms with E-state index in [4.69, 9.17) is 0 Å². The predicted molar refractivity (Wildman–Crippen MR) is 109 cm³/mol. The first-order valence-corrected chi connectivity index (χ1v) is 9.55. The molecule has 0 bridgehead atoms. The van der Waals surface area contributed by atoms with Gasteiger partial charge in [-0.2, -0.15) is 0 Å². The van der Waals surface area contributed by atoms with Crippen molar-refractivity contribution < 1.29 is 0 Å². The third kappa shape index (κ3) is 3.53. The van der Waals surface area contributed by atoms with E-state index in [2.05, 4.69) is 56.3 Å². The number of rotatable bonds is 6. The number of H-pyrrole nitrogens is 1. The van der Waals surface area contributed by atoms with Crippen molar-refractivity contribution in [1.29, 1.82) is 0 Å². The van der Waals surface area contributed by atoms with E-state index in [1.54, 1.807) is 0 Å². The summed E-state index contributed by atoms with van der Waals surface area (Å²) in [7, 11) is 0. The zero-order chi connectivity index (χ0) is 17.8. The molecule has 26 heavy (non-hydrogen) atoms. The summed E-state index contributed by atoms with van der Waals surface area (Å²) in [5, 5.41) is 4.81. The Morgan fingerprint density at radius 1 is 1.08 bits per heavy atom. The molecule has 1 aliphatic heterocycles. The van der Waals surface area contributed by atoms with Gasteiger partial charge in [0.2, 0.25) is 0 Å². The van der Waals surface area contributed by atoms with Crippen molar-refractivity contribution in [2.24, 2.45) is 0 Å². The Labute approximate surface area is 155 Å². The minimum Gasteiger partial charge on any atom is -0.369 e. The highest BCUT2D eigenvalue weighted by Crippen LogP contribution is 2.27. The van der Waals surface area contributed by atoms with Crippen LogP contribution >= 0.6 is 0 Å². The summed E-state index contributed by atoms with van der Waals surface area (Å²) in [6, 6.07) is 15.3. The summed E-state index contributed by atoms with van der Waals surface area (Å²) >= 11 is 0. The number of benzene rings is 1. The maximum absolute atomic E-state index is 4.36. The fourth-order valence-corrected chi connectivity index (χ4v) is 3.89. The molecular formula is C21H27N5. The summed E-state index contributed by atoms with van der Waals surface area (Å²) in [5.74, 6) is 0.962. The Balaban J connectivity index is 1.37. The third-order valence-corrected chi connectivity index (χ3v) is 5.40. The molecule has 0 spiro atoms. The molecule has 0 saturated carbocycles. The molecule has 5 heteroatoms. The molecule has 5 nitrogen and oxygen atoms in total. The first kappa shape index (κ1) is 16.9. The van der Waals surface area contributed by atoms with Gasteiger partial charge in [-0.05, 0) is 36.8 Å². The average molecular weight is 349 g/mol. The van der Waals surface area contributed by atoms with Gasteiger partial charge in [-0.25, -0.2) is 4.98 Å². The van der Waals surface area contributed by atoms with Crippen LogP contribution in [0.4, 0.5) is 11.5 Å². The van der Waals surface area contributed by atoms with Crippen LogP contribution < -0.4 is 10.2 Å². The molecule has 2 N–H and O–H groups in total. The van der Waals surface area contributed by atoms with Crippen LogP contribution in [0.15, 0.2) is 54.9 Å². The number of aromatic amines is 1. The molecule has 0 aliphatic carbocycles. The van der Waals surface area contributed by atoms with E-state index in [1.807, 2.05) is 30.6 Å². The van der Waals surface area contributed by atoms with Gasteiger partial charge in [0.1, 0.15) is 5.82 Å². The Morgan fingerprint density at radius 2 is 1.96 bits per heavy atom. The lowest BCUT2D eigenvalue weighted by atomic mass is 10.1. The molecule has 2 aromatic heterocycles. The molecule has 1 atom stereocenters. The Kier molecular flexibility index (Phi) is 5.07. The highest BCUT2D eigenvalue weighted by atomic mass is 15.3. The van der Waals surface area contributed by atoms with Gasteiger partial charge in [-0.1, -0.05) is 19.1 Å². The van der Waals surface area contributed by atoms with Gasteiger partial charge in [0, 0.05) is 67.7 Å². The lowest BCUT2D eigenvalue weighted by Gasteiger charge is -2.40. The van der Waals surface area contributed by atoms with Crippen LogP contribution in [0.1, 0.15) is 13.3 Å². The number of fused-ring (bicyclic) bond motifs is 1. The molecule has 3 heterocycles. The fourth-order valence-electron chi connectivity index (χ4n) is 3.89. The van der Waals surface area contributed by atoms with Gasteiger partial charge in [0.25, 0.3) is 0 Å². The molecule has 136 valence electrons. The second-order valence-electron chi connectivity index (χ2n) is 6.90. The molecule has 1 unspecified atom stereocenters. The minimum atomic E-state index is 0.544. The van der Waals surface area contributed by atoms with E-state index >= 15 is 0 Å². The lowest BCUT2D eigenvalue weighted by molar-refractivity contribution is 0.188. The number of pyridine rings is 1. The standard InChI is InChI=1S/C21H27N5/c1-2-17(16-24-21-8-3-4-10-23-21)25-12-14-26(15-13-25)20-7-5-6-19-18(20)9-11-22-19/h3-11,17,22H,2,12-16H2,1H3,(H,23,24). The van der Waals surface area contributed by atoms with E-state index in [9.17, 15) is 0 Å². The molecule has 0 amide bonds. The van der Waals surface area contributed by atoms with Gasteiger partial charge < -0.3 is 15.2 Å². The predicted octanol–water partition coefficient (Wildman–Crippen LogP) is 3.58. The van der Waals surface area contributed by atoms with Crippen molar-refractivity contribution in [1.82, 2.24) is 14.9 Å². The van der Waals surface area contributed by atoms with Crippen molar-refractivity contribution in [2.45, 2.75) is 19.4 Å². The van der Waals surface area contributed by atoms with Crippen molar-refractivity contribution in [2.75, 3.05) is 42.9 Å². The first-order valence-electron chi connectivity index (χ1n) is 9.55. The summed E-state index contributed by atoms with van der Waals surface area (Å²) in [6.45, 7) is 7.57. The summed E-state index contributed by atoms with van der Waals surface area (Å²) in [4.78, 5) is 12.8. The molecule has 1 aromatic carbocycles. The maximum Gasteiger partial charge on any atom is 0.125 e. The lowest BCUT2D eigenvalue weighted by Crippen LogP contribution is -2.52. The number of aromatic nitrogens is 2. The normalized spacial score (nSPS) is 16.7. The van der Waals surface area contributed by atoms with Gasteiger partial charge >= 0.3 is 0 Å². The molecule has 1 saturated heterocycles. The molecule has 0 radical (unpaired) electrons. The van der Waals surface area contributed by atoms with Crippen LogP contribution in [0, 0.1) is 0 Å². The second-order valence-corrected chi connectivity index (χ2v) is 6.90. The van der Waals surface area contributed by atoms with E-state index in [0.29, 0.717) is 6.04 Å². The Bertz CT molecular complexity index is 821. The quantitative estimate of drug-likeness (QED) is 0.714. The fraction of sp³-hybridized carbons (Fsp3) is 0.381. The zero-order valence-electron chi connectivity index (χ0n) is 15.4. The molecule has 3 aromatic rings. The molecular weight excluding hydrogens is 322 g/mol. The van der Waals surface area contributed by atoms with Crippen molar-refractivity contribution >= 4 is 22.4 Å². The third-order valence-electron chi connectivity index (χ3n) is 5.40. The topological polar surface area (TPSA) is 47.2 Å². The summed E-state index contributed by atoms with van der Waals surface area (Å²) in [5.41, 5.74) is 2.57. The van der Waals surface area contributed by atoms with Gasteiger partial charge in [-0.3, -0.25) is 4.90 Å². The second kappa shape index (κ2) is 7.79. The zero-order valence-corrected chi connectivity index (χ0v) is 15.4. The molecule has 1 aliphatic rings. The number of piperazine rings is 1. The molecule has 4 rings (SSSR count). The minimum absolute atomic E-state index is 0.544. The van der Waals surface area contributed by atoms with Crippen LogP contribution in [0.5, 0.6) is 0 Å². The van der Waals surface area contributed by atoms with Crippen LogP contribution in [0.2, 0.25) is 0 Å².